The smallest absolute Gasteiger partial charge is 0.413 e. The first-order valence-corrected chi connectivity index (χ1v) is 5.68. The summed E-state index contributed by atoms with van der Waals surface area (Å²) in [6.07, 6.45) is -0.788. The molecule has 1 rings (SSSR count). The number of aromatic nitrogens is 2. The van der Waals surface area contributed by atoms with Gasteiger partial charge in [0.15, 0.2) is 0 Å². The number of hydrogen-bond acceptors (Lipinski definition) is 5. The van der Waals surface area contributed by atoms with Gasteiger partial charge in [0.05, 0.1) is 13.2 Å². The number of nitrogens with one attached hydrogen (secondary N) is 2. The second kappa shape index (κ2) is 5.70. The Labute approximate surface area is 109 Å². The van der Waals surface area contributed by atoms with Gasteiger partial charge in [0, 0.05) is 6.07 Å². The molecule has 19 heavy (non-hydrogen) atoms. The van der Waals surface area contributed by atoms with Crippen LogP contribution in [-0.2, 0) is 11.3 Å². The summed E-state index contributed by atoms with van der Waals surface area (Å²) in [4.78, 5) is 36.4. The van der Waals surface area contributed by atoms with Gasteiger partial charge in [0.25, 0.3) is 5.56 Å². The van der Waals surface area contributed by atoms with E-state index in [4.69, 9.17) is 9.84 Å². The standard InChI is InChI=1S/C11H17N3O5/c1-11(2,3)19-10(18)12-7-6-8(16)13-9(17)14(7)4-5-15/h6,15H,4-5H2,1-3H3,(H,12,18)(H,13,16,17). The summed E-state index contributed by atoms with van der Waals surface area (Å²) in [5.41, 5.74) is -2.06. The molecule has 0 aliphatic heterocycles. The van der Waals surface area contributed by atoms with E-state index < -0.39 is 22.9 Å². The van der Waals surface area contributed by atoms with Crippen LogP contribution in [0.2, 0.25) is 0 Å². The third-order valence-corrected chi connectivity index (χ3v) is 1.99. The van der Waals surface area contributed by atoms with E-state index in [1.807, 2.05) is 4.98 Å². The maximum Gasteiger partial charge on any atom is 0.413 e. The Morgan fingerprint density at radius 1 is 1.47 bits per heavy atom. The fourth-order valence-corrected chi connectivity index (χ4v) is 1.35. The third-order valence-electron chi connectivity index (χ3n) is 1.99. The van der Waals surface area contributed by atoms with Crippen LogP contribution in [0.25, 0.3) is 0 Å². The number of carbonyl (C=O) groups is 1. The van der Waals surface area contributed by atoms with Crippen LogP contribution in [-0.4, -0.2) is 33.0 Å². The highest BCUT2D eigenvalue weighted by molar-refractivity contribution is 5.83. The van der Waals surface area contributed by atoms with Gasteiger partial charge in [0.2, 0.25) is 0 Å². The molecule has 0 atom stereocenters. The van der Waals surface area contributed by atoms with Crippen molar-refractivity contribution < 1.29 is 14.6 Å². The molecule has 0 bridgehead atoms. The Bertz CT molecular complexity index is 567. The second-order valence-electron chi connectivity index (χ2n) is 4.83. The molecule has 0 unspecified atom stereocenters. The van der Waals surface area contributed by atoms with Crippen LogP contribution in [0.3, 0.4) is 0 Å². The van der Waals surface area contributed by atoms with Gasteiger partial charge in [-0.15, -0.1) is 0 Å². The van der Waals surface area contributed by atoms with Gasteiger partial charge in [-0.2, -0.15) is 0 Å². The van der Waals surface area contributed by atoms with Crippen molar-refractivity contribution in [3.63, 3.8) is 0 Å². The van der Waals surface area contributed by atoms with Gasteiger partial charge in [-0.25, -0.2) is 9.59 Å². The van der Waals surface area contributed by atoms with Gasteiger partial charge in [-0.3, -0.25) is 19.7 Å². The highest BCUT2D eigenvalue weighted by Crippen LogP contribution is 2.09. The minimum absolute atomic E-state index is 0.0305. The Balaban J connectivity index is 3.03. The molecule has 0 fully saturated rings. The van der Waals surface area contributed by atoms with Gasteiger partial charge in [-0.05, 0) is 20.8 Å². The molecule has 0 spiro atoms. The predicted octanol–water partition coefficient (Wildman–Crippen LogP) is -0.124. The number of amides is 1. The van der Waals surface area contributed by atoms with Gasteiger partial charge >= 0.3 is 11.8 Å². The zero-order chi connectivity index (χ0) is 14.6. The number of rotatable bonds is 3. The average molecular weight is 271 g/mol. The summed E-state index contributed by atoms with van der Waals surface area (Å²) in [6.45, 7) is 4.69. The second-order valence-corrected chi connectivity index (χ2v) is 4.83. The van der Waals surface area contributed by atoms with Crippen molar-refractivity contribution >= 4 is 11.9 Å². The summed E-state index contributed by atoms with van der Waals surface area (Å²) in [6, 6.07) is 1.04. The quantitative estimate of drug-likeness (QED) is 0.709. The first kappa shape index (κ1) is 15.0. The molecule has 1 aromatic heterocycles. The minimum Gasteiger partial charge on any atom is -0.444 e. The third kappa shape index (κ3) is 4.59. The molecule has 0 aliphatic rings. The molecule has 1 amide bonds. The summed E-state index contributed by atoms with van der Waals surface area (Å²) in [5, 5.41) is 11.2. The summed E-state index contributed by atoms with van der Waals surface area (Å²) in [7, 11) is 0. The zero-order valence-electron chi connectivity index (χ0n) is 11.0. The number of carbonyl (C=O) groups excluding carboxylic acids is 1. The lowest BCUT2D eigenvalue weighted by molar-refractivity contribution is 0.0634. The maximum absolute atomic E-state index is 11.6. The van der Waals surface area contributed by atoms with Crippen LogP contribution in [0.4, 0.5) is 10.6 Å². The largest absolute Gasteiger partial charge is 0.444 e. The molecule has 0 saturated heterocycles. The number of anilines is 1. The van der Waals surface area contributed by atoms with E-state index in [1.54, 1.807) is 20.8 Å². The van der Waals surface area contributed by atoms with E-state index in [-0.39, 0.29) is 19.0 Å². The van der Waals surface area contributed by atoms with Crippen LogP contribution < -0.4 is 16.6 Å². The number of aliphatic hydroxyl groups excluding tert-OH is 1. The molecule has 1 aromatic rings. The van der Waals surface area contributed by atoms with E-state index in [9.17, 15) is 14.4 Å². The normalized spacial score (nSPS) is 11.2. The summed E-state index contributed by atoms with van der Waals surface area (Å²) >= 11 is 0. The van der Waals surface area contributed by atoms with E-state index in [2.05, 4.69) is 5.32 Å². The number of ether oxygens (including phenoxy) is 1. The number of aliphatic hydroxyl groups is 1. The van der Waals surface area contributed by atoms with E-state index >= 15 is 0 Å². The van der Waals surface area contributed by atoms with Crippen molar-refractivity contribution in [3.05, 3.63) is 26.9 Å². The molecule has 106 valence electrons. The first-order chi connectivity index (χ1) is 8.73. The van der Waals surface area contributed by atoms with Crippen LogP contribution in [0.15, 0.2) is 15.7 Å². The topological polar surface area (TPSA) is 113 Å². The minimum atomic E-state index is -0.788. The van der Waals surface area contributed by atoms with Crippen molar-refractivity contribution in [1.29, 1.82) is 0 Å². The van der Waals surface area contributed by atoms with Gasteiger partial charge in [-0.1, -0.05) is 0 Å². The van der Waals surface area contributed by atoms with Crippen LogP contribution in [0.1, 0.15) is 20.8 Å². The molecule has 8 nitrogen and oxygen atoms in total. The predicted molar refractivity (Wildman–Crippen MR) is 68.3 cm³/mol. The lowest BCUT2D eigenvalue weighted by Crippen LogP contribution is -2.35. The van der Waals surface area contributed by atoms with Crippen LogP contribution in [0.5, 0.6) is 0 Å². The van der Waals surface area contributed by atoms with Crippen molar-refractivity contribution in [2.75, 3.05) is 11.9 Å². The fourth-order valence-electron chi connectivity index (χ4n) is 1.35. The molecule has 0 aliphatic carbocycles. The monoisotopic (exact) mass is 271 g/mol. The SMILES string of the molecule is CC(C)(C)OC(=O)Nc1cc(=O)[nH]c(=O)n1CCO. The Kier molecular flexibility index (Phi) is 4.49. The fraction of sp³-hybridized carbons (Fsp3) is 0.545. The summed E-state index contributed by atoms with van der Waals surface area (Å²) in [5.74, 6) is -0.0305. The Hall–Kier alpha value is -2.09. The molecular weight excluding hydrogens is 254 g/mol. The average Bonchev–Trinajstić information content (AvgIpc) is 2.20. The molecular formula is C11H17N3O5. The Morgan fingerprint density at radius 3 is 2.63 bits per heavy atom. The highest BCUT2D eigenvalue weighted by atomic mass is 16.6. The Morgan fingerprint density at radius 2 is 2.11 bits per heavy atom. The first-order valence-electron chi connectivity index (χ1n) is 5.68. The molecule has 8 heteroatoms. The van der Waals surface area contributed by atoms with E-state index in [0.29, 0.717) is 0 Å². The molecule has 0 radical (unpaired) electrons. The lowest BCUT2D eigenvalue weighted by Gasteiger charge is -2.20. The highest BCUT2D eigenvalue weighted by Gasteiger charge is 2.17. The van der Waals surface area contributed by atoms with Crippen molar-refractivity contribution in [1.82, 2.24) is 9.55 Å². The maximum atomic E-state index is 11.6. The number of H-pyrrole nitrogens is 1. The number of nitrogens with zero attached hydrogens (tertiary/aromatic N) is 1. The van der Waals surface area contributed by atoms with Crippen molar-refractivity contribution in [3.8, 4) is 0 Å². The molecule has 3 N–H and O–H groups in total. The van der Waals surface area contributed by atoms with Crippen molar-refractivity contribution in [2.45, 2.75) is 32.9 Å². The molecule has 0 aromatic carbocycles. The lowest BCUT2D eigenvalue weighted by atomic mass is 10.2. The zero-order valence-corrected chi connectivity index (χ0v) is 11.0. The molecule has 0 saturated carbocycles. The van der Waals surface area contributed by atoms with Gasteiger partial charge < -0.3 is 9.84 Å². The number of hydrogen-bond donors (Lipinski definition) is 3. The summed E-state index contributed by atoms with van der Waals surface area (Å²) < 4.78 is 6.05. The molecule has 1 heterocycles. The van der Waals surface area contributed by atoms with Crippen molar-refractivity contribution in [2.24, 2.45) is 0 Å². The van der Waals surface area contributed by atoms with Crippen LogP contribution in [0, 0.1) is 0 Å². The van der Waals surface area contributed by atoms with E-state index in [0.717, 1.165) is 10.6 Å². The van der Waals surface area contributed by atoms with Crippen LogP contribution >= 0.6 is 0 Å². The van der Waals surface area contributed by atoms with Gasteiger partial charge in [0.1, 0.15) is 11.4 Å². The van der Waals surface area contributed by atoms with E-state index in [1.165, 1.54) is 0 Å². The number of aromatic amines is 1.